The molecule has 3 rings (SSSR count). The predicted molar refractivity (Wildman–Crippen MR) is 106 cm³/mol. The molecule has 1 heterocycles. The summed E-state index contributed by atoms with van der Waals surface area (Å²) in [5, 5.41) is 0.658. The van der Waals surface area contributed by atoms with E-state index in [1.165, 1.54) is 30.4 Å². The first kappa shape index (κ1) is 19.2. The van der Waals surface area contributed by atoms with E-state index < -0.39 is 23.9 Å². The number of carbonyl (C=O) groups is 3. The Morgan fingerprint density at radius 2 is 1.75 bits per heavy atom. The van der Waals surface area contributed by atoms with Crippen LogP contribution >= 0.6 is 11.3 Å². The van der Waals surface area contributed by atoms with E-state index in [4.69, 9.17) is 4.74 Å². The number of hydrogen-bond acceptors (Lipinski definition) is 6. The smallest absolute Gasteiger partial charge is 0.331 e. The summed E-state index contributed by atoms with van der Waals surface area (Å²) in [5.41, 5.74) is 5.74. The molecule has 0 saturated carbocycles. The van der Waals surface area contributed by atoms with Crippen molar-refractivity contribution in [2.75, 3.05) is 0 Å². The van der Waals surface area contributed by atoms with Gasteiger partial charge in [0.15, 0.2) is 6.10 Å². The summed E-state index contributed by atoms with van der Waals surface area (Å²) in [6.07, 6.45) is 1.67. The van der Waals surface area contributed by atoms with Crippen LogP contribution in [0.15, 0.2) is 60.7 Å². The van der Waals surface area contributed by atoms with E-state index >= 15 is 0 Å². The molecule has 0 fully saturated rings. The fourth-order valence-electron chi connectivity index (χ4n) is 2.25. The van der Waals surface area contributed by atoms with Crippen LogP contribution in [0.3, 0.4) is 0 Å². The van der Waals surface area contributed by atoms with Crippen molar-refractivity contribution >= 4 is 45.4 Å². The van der Waals surface area contributed by atoms with Gasteiger partial charge in [0.1, 0.15) is 5.01 Å². The summed E-state index contributed by atoms with van der Waals surface area (Å²) in [4.78, 5) is 40.1. The van der Waals surface area contributed by atoms with Gasteiger partial charge in [-0.3, -0.25) is 20.4 Å². The van der Waals surface area contributed by atoms with Crippen LogP contribution in [-0.2, 0) is 14.3 Å². The molecule has 8 heteroatoms. The SMILES string of the molecule is C[C@@H](OC(=O)/C=C/c1nc2ccccc2s1)C(=O)NNC(=O)c1ccccc1. The number of rotatable bonds is 5. The second-order valence-electron chi connectivity index (χ2n) is 5.74. The minimum Gasteiger partial charge on any atom is -0.449 e. The van der Waals surface area contributed by atoms with Crippen molar-refractivity contribution < 1.29 is 19.1 Å². The molecule has 0 aliphatic carbocycles. The lowest BCUT2D eigenvalue weighted by atomic mass is 10.2. The van der Waals surface area contributed by atoms with E-state index in [2.05, 4.69) is 15.8 Å². The molecule has 7 nitrogen and oxygen atoms in total. The van der Waals surface area contributed by atoms with E-state index in [0.717, 1.165) is 10.2 Å². The Morgan fingerprint density at radius 3 is 2.50 bits per heavy atom. The largest absolute Gasteiger partial charge is 0.449 e. The average molecular weight is 395 g/mol. The maximum Gasteiger partial charge on any atom is 0.331 e. The Hall–Kier alpha value is -3.52. The Balaban J connectivity index is 1.49. The molecule has 0 aliphatic rings. The number of ether oxygens (including phenoxy) is 1. The van der Waals surface area contributed by atoms with Crippen LogP contribution < -0.4 is 10.9 Å². The Labute approximate surface area is 165 Å². The molecule has 0 saturated heterocycles. The fourth-order valence-corrected chi connectivity index (χ4v) is 3.12. The highest BCUT2D eigenvalue weighted by atomic mass is 32.1. The number of hydrogen-bond donors (Lipinski definition) is 2. The average Bonchev–Trinajstić information content (AvgIpc) is 3.14. The van der Waals surface area contributed by atoms with Crippen LogP contribution in [0.5, 0.6) is 0 Å². The van der Waals surface area contributed by atoms with Crippen molar-refractivity contribution in [3.63, 3.8) is 0 Å². The zero-order chi connectivity index (χ0) is 19.9. The van der Waals surface area contributed by atoms with E-state index in [1.807, 2.05) is 24.3 Å². The van der Waals surface area contributed by atoms with Crippen LogP contribution in [0.2, 0.25) is 0 Å². The third-order valence-corrected chi connectivity index (χ3v) is 4.67. The number of nitrogens with one attached hydrogen (secondary N) is 2. The highest BCUT2D eigenvalue weighted by Gasteiger charge is 2.17. The van der Waals surface area contributed by atoms with Gasteiger partial charge in [-0.1, -0.05) is 30.3 Å². The van der Waals surface area contributed by atoms with Gasteiger partial charge >= 0.3 is 5.97 Å². The number of fused-ring (bicyclic) bond motifs is 1. The highest BCUT2D eigenvalue weighted by Crippen LogP contribution is 2.22. The molecule has 0 spiro atoms. The predicted octanol–water partition coefficient (Wildman–Crippen LogP) is 2.70. The van der Waals surface area contributed by atoms with Gasteiger partial charge in [-0.25, -0.2) is 9.78 Å². The molecule has 2 amide bonds. The Kier molecular flexibility index (Phi) is 6.13. The van der Waals surface area contributed by atoms with Crippen LogP contribution in [0.25, 0.3) is 16.3 Å². The van der Waals surface area contributed by atoms with Gasteiger partial charge in [0, 0.05) is 11.6 Å². The molecule has 0 radical (unpaired) electrons. The van der Waals surface area contributed by atoms with Gasteiger partial charge < -0.3 is 4.74 Å². The quantitative estimate of drug-likeness (QED) is 0.393. The zero-order valence-corrected chi connectivity index (χ0v) is 15.7. The van der Waals surface area contributed by atoms with Crippen LogP contribution in [0, 0.1) is 0 Å². The number of carbonyl (C=O) groups excluding carboxylic acids is 3. The maximum absolute atomic E-state index is 12.0. The molecule has 28 heavy (non-hydrogen) atoms. The normalized spacial score (nSPS) is 11.9. The summed E-state index contributed by atoms with van der Waals surface area (Å²) in [5.74, 6) is -1.80. The van der Waals surface area contributed by atoms with E-state index in [1.54, 1.807) is 30.3 Å². The summed E-state index contributed by atoms with van der Waals surface area (Å²) < 4.78 is 6.05. The van der Waals surface area contributed by atoms with E-state index in [9.17, 15) is 14.4 Å². The van der Waals surface area contributed by atoms with Crippen molar-refractivity contribution in [2.45, 2.75) is 13.0 Å². The van der Waals surface area contributed by atoms with Gasteiger partial charge in [0.25, 0.3) is 11.8 Å². The molecule has 3 aromatic rings. The van der Waals surface area contributed by atoms with Crippen molar-refractivity contribution in [3.8, 4) is 0 Å². The first-order valence-electron chi connectivity index (χ1n) is 8.42. The van der Waals surface area contributed by atoms with Crippen molar-refractivity contribution in [1.29, 1.82) is 0 Å². The standard InChI is InChI=1S/C20H17N3O4S/c1-13(19(25)22-23-20(26)14-7-3-2-4-8-14)27-18(24)12-11-17-21-15-9-5-6-10-16(15)28-17/h2-13H,1H3,(H,22,25)(H,23,26)/b12-11+/t13-/m1/s1. The molecular weight excluding hydrogens is 378 g/mol. The van der Waals surface area contributed by atoms with Gasteiger partial charge in [0.05, 0.1) is 10.2 Å². The zero-order valence-electron chi connectivity index (χ0n) is 14.9. The summed E-state index contributed by atoms with van der Waals surface area (Å²) in [7, 11) is 0. The summed E-state index contributed by atoms with van der Waals surface area (Å²) in [6.45, 7) is 1.41. The lowest BCUT2D eigenvalue weighted by Crippen LogP contribution is -2.46. The monoisotopic (exact) mass is 395 g/mol. The van der Waals surface area contributed by atoms with E-state index in [0.29, 0.717) is 10.6 Å². The molecule has 1 atom stereocenters. The number of aromatic nitrogens is 1. The number of hydrazine groups is 1. The Morgan fingerprint density at radius 1 is 1.04 bits per heavy atom. The minimum absolute atomic E-state index is 0.395. The Bertz CT molecular complexity index is 997. The second-order valence-corrected chi connectivity index (χ2v) is 6.80. The van der Waals surface area contributed by atoms with Crippen LogP contribution in [-0.4, -0.2) is 28.9 Å². The third kappa shape index (κ3) is 5.01. The molecule has 0 aliphatic heterocycles. The fraction of sp³-hybridized carbons (Fsp3) is 0.100. The lowest BCUT2D eigenvalue weighted by molar-refractivity contribution is -0.150. The molecule has 2 N–H and O–H groups in total. The van der Waals surface area contributed by atoms with Gasteiger partial charge in [-0.05, 0) is 37.3 Å². The molecule has 0 bridgehead atoms. The van der Waals surface area contributed by atoms with Crippen molar-refractivity contribution in [3.05, 3.63) is 71.2 Å². The highest BCUT2D eigenvalue weighted by molar-refractivity contribution is 7.19. The van der Waals surface area contributed by atoms with Crippen LogP contribution in [0.4, 0.5) is 0 Å². The second kappa shape index (κ2) is 8.92. The van der Waals surface area contributed by atoms with E-state index in [-0.39, 0.29) is 0 Å². The third-order valence-electron chi connectivity index (χ3n) is 3.67. The maximum atomic E-state index is 12.0. The summed E-state index contributed by atoms with van der Waals surface area (Å²) in [6, 6.07) is 16.0. The van der Waals surface area contributed by atoms with Gasteiger partial charge in [-0.2, -0.15) is 0 Å². The van der Waals surface area contributed by atoms with Gasteiger partial charge in [0.2, 0.25) is 0 Å². The number of para-hydroxylation sites is 1. The number of amides is 2. The number of esters is 1. The molecule has 142 valence electrons. The number of nitrogens with zero attached hydrogens (tertiary/aromatic N) is 1. The van der Waals surface area contributed by atoms with Crippen molar-refractivity contribution in [1.82, 2.24) is 15.8 Å². The first-order valence-corrected chi connectivity index (χ1v) is 9.24. The van der Waals surface area contributed by atoms with Gasteiger partial charge in [-0.15, -0.1) is 11.3 Å². The van der Waals surface area contributed by atoms with Crippen molar-refractivity contribution in [2.24, 2.45) is 0 Å². The number of thiazole rings is 1. The molecule has 2 aromatic carbocycles. The summed E-state index contributed by atoms with van der Waals surface area (Å²) >= 11 is 1.44. The number of benzene rings is 2. The minimum atomic E-state index is -1.08. The molecule has 0 unspecified atom stereocenters. The van der Waals surface area contributed by atoms with Crippen LogP contribution in [0.1, 0.15) is 22.3 Å². The lowest BCUT2D eigenvalue weighted by Gasteiger charge is -2.13. The molecular formula is C20H17N3O4S. The molecule has 1 aromatic heterocycles. The topological polar surface area (TPSA) is 97.4 Å². The first-order chi connectivity index (χ1) is 13.5.